The van der Waals surface area contributed by atoms with Crippen LogP contribution in [0.1, 0.15) is 0 Å². The first kappa shape index (κ1) is 13.3. The fourth-order valence-electron chi connectivity index (χ4n) is 2.07. The van der Waals surface area contributed by atoms with Crippen LogP contribution in [0, 0.1) is 0 Å². The minimum Gasteiger partial charge on any atom is -0.467 e. The van der Waals surface area contributed by atoms with Crippen LogP contribution in [0.4, 0.5) is 4.79 Å². The van der Waals surface area contributed by atoms with Gasteiger partial charge in [0.2, 0.25) is 11.0 Å². The van der Waals surface area contributed by atoms with Crippen molar-refractivity contribution in [2.75, 3.05) is 0 Å². The summed E-state index contributed by atoms with van der Waals surface area (Å²) in [6, 6.07) is 13.9. The molecule has 0 saturated heterocycles. The number of pyridine rings is 1. The molecule has 0 spiro atoms. The van der Waals surface area contributed by atoms with Gasteiger partial charge in [-0.05, 0) is 18.2 Å². The van der Waals surface area contributed by atoms with Crippen LogP contribution in [0.25, 0.3) is 21.8 Å². The number of aromatic nitrogens is 1. The topological polar surface area (TPSA) is 94.8 Å². The molecule has 0 fully saturated rings. The molecule has 0 saturated carbocycles. The zero-order chi connectivity index (χ0) is 15.0. The first-order valence-electron chi connectivity index (χ1n) is 5.98. The lowest BCUT2D eigenvalue weighted by Crippen LogP contribution is -2.18. The van der Waals surface area contributed by atoms with Crippen molar-refractivity contribution < 1.29 is 27.5 Å². The molecule has 2 N–H and O–H groups in total. The van der Waals surface area contributed by atoms with E-state index in [1.54, 1.807) is 18.2 Å². The molecule has 0 amide bonds. The molecule has 0 atom stereocenters. The Labute approximate surface area is 119 Å². The Balaban J connectivity index is 2.24. The summed E-state index contributed by atoms with van der Waals surface area (Å²) in [5.41, 5.74) is 1.52. The van der Waals surface area contributed by atoms with E-state index in [0.29, 0.717) is 10.9 Å². The van der Waals surface area contributed by atoms with Crippen LogP contribution in [-0.2, 0) is 10.1 Å². The van der Waals surface area contributed by atoms with Crippen LogP contribution in [0.2, 0.25) is 0 Å². The lowest BCUT2D eigenvalue weighted by Gasteiger charge is -2.05. The summed E-state index contributed by atoms with van der Waals surface area (Å²) in [5.74, 6) is -0.0306. The average molecular weight is 304 g/mol. The van der Waals surface area contributed by atoms with Gasteiger partial charge in [-0.2, -0.15) is 8.42 Å². The number of hydrogen-bond acceptors (Lipinski definition) is 4. The summed E-state index contributed by atoms with van der Waals surface area (Å²) in [4.78, 5) is 13.8. The zero-order valence-corrected chi connectivity index (χ0v) is 11.4. The third-order valence-electron chi connectivity index (χ3n) is 3.01. The van der Waals surface area contributed by atoms with Crippen LogP contribution in [0.15, 0.2) is 48.5 Å². The number of hydrogen-bond donors (Lipinski definition) is 1. The molecule has 2 aromatic carbocycles. The van der Waals surface area contributed by atoms with Crippen LogP contribution in [0.3, 0.4) is 0 Å². The summed E-state index contributed by atoms with van der Waals surface area (Å²) in [6.07, 6.45) is 0. The van der Waals surface area contributed by atoms with Crippen molar-refractivity contribution in [1.82, 2.24) is 0 Å². The van der Waals surface area contributed by atoms with Crippen LogP contribution >= 0.6 is 0 Å². The number of benzene rings is 2. The van der Waals surface area contributed by atoms with E-state index in [-0.39, 0.29) is 5.75 Å². The second kappa shape index (κ2) is 4.71. The minimum atomic E-state index is -4.69. The van der Waals surface area contributed by atoms with Gasteiger partial charge >= 0.3 is 15.4 Å². The van der Waals surface area contributed by atoms with Gasteiger partial charge in [0.05, 0.1) is 5.39 Å². The van der Waals surface area contributed by atoms with Gasteiger partial charge in [0.25, 0.3) is 0 Å². The summed E-state index contributed by atoms with van der Waals surface area (Å²) < 4.78 is 27.4. The van der Waals surface area contributed by atoms with Gasteiger partial charge < -0.3 is 9.29 Å². The van der Waals surface area contributed by atoms with Crippen LogP contribution in [-0.4, -0.2) is 18.8 Å². The minimum absolute atomic E-state index is 0.0306. The molecule has 0 aliphatic carbocycles. The molecule has 7 heteroatoms. The number of carboxylic acid groups (broad SMARTS) is 1. The molecule has 3 rings (SSSR count). The monoisotopic (exact) mass is 304 g/mol. The Morgan fingerprint density at radius 2 is 1.76 bits per heavy atom. The SMILES string of the molecule is O=C(O)S(=O)(=O)Oc1cccc2[nH+]c3ccccc3cc12. The van der Waals surface area contributed by atoms with Gasteiger partial charge in [0, 0.05) is 17.5 Å². The predicted octanol–water partition coefficient (Wildman–Crippen LogP) is 2.19. The molecule has 21 heavy (non-hydrogen) atoms. The molecule has 106 valence electrons. The zero-order valence-electron chi connectivity index (χ0n) is 10.6. The first-order valence-corrected chi connectivity index (χ1v) is 7.39. The van der Waals surface area contributed by atoms with Crippen molar-refractivity contribution in [2.24, 2.45) is 0 Å². The lowest BCUT2D eigenvalue weighted by atomic mass is 10.1. The van der Waals surface area contributed by atoms with Gasteiger partial charge in [-0.1, -0.05) is 18.2 Å². The molecule has 0 aliphatic rings. The van der Waals surface area contributed by atoms with E-state index in [9.17, 15) is 13.2 Å². The Morgan fingerprint density at radius 1 is 1.05 bits per heavy atom. The van der Waals surface area contributed by atoms with Crippen molar-refractivity contribution in [3.05, 3.63) is 48.5 Å². The molecule has 0 aliphatic heterocycles. The molecule has 1 aromatic heterocycles. The van der Waals surface area contributed by atoms with Crippen molar-refractivity contribution in [2.45, 2.75) is 0 Å². The van der Waals surface area contributed by atoms with Gasteiger partial charge in [0.15, 0.2) is 5.75 Å². The Hall–Kier alpha value is -2.67. The second-order valence-electron chi connectivity index (χ2n) is 4.38. The first-order chi connectivity index (χ1) is 9.97. The van der Waals surface area contributed by atoms with Gasteiger partial charge in [-0.3, -0.25) is 0 Å². The number of rotatable bonds is 2. The largest absolute Gasteiger partial charge is 0.467 e. The third-order valence-corrected chi connectivity index (χ3v) is 3.84. The van der Waals surface area contributed by atoms with E-state index >= 15 is 0 Å². The molecule has 0 radical (unpaired) electrons. The summed E-state index contributed by atoms with van der Waals surface area (Å²) in [6.45, 7) is 0. The van der Waals surface area contributed by atoms with E-state index in [1.807, 2.05) is 24.3 Å². The van der Waals surface area contributed by atoms with E-state index in [4.69, 9.17) is 5.11 Å². The quantitative estimate of drug-likeness (QED) is 0.578. The smallest absolute Gasteiger partial charge is 0.461 e. The predicted molar refractivity (Wildman–Crippen MR) is 75.6 cm³/mol. The third kappa shape index (κ3) is 2.38. The number of nitrogens with one attached hydrogen (secondary N) is 1. The standard InChI is InChI=1S/C14H9NO5S/c16-14(17)21(18,19)20-13-7-3-6-12-10(13)8-9-4-1-2-5-11(9)15-12/h1-8H,(H,16,17)/p+1. The molecular formula is C14H10NO5S+. The highest BCUT2D eigenvalue weighted by Crippen LogP contribution is 2.27. The summed E-state index contributed by atoms with van der Waals surface area (Å²) in [5, 5.41) is 7.94. The maximum atomic E-state index is 11.4. The Bertz CT molecular complexity index is 965. The van der Waals surface area contributed by atoms with Gasteiger partial charge in [0.1, 0.15) is 0 Å². The molecule has 3 aromatic rings. The van der Waals surface area contributed by atoms with Gasteiger partial charge in [-0.15, -0.1) is 0 Å². The Kier molecular flexibility index (Phi) is 2.99. The number of para-hydroxylation sites is 1. The highest BCUT2D eigenvalue weighted by molar-refractivity contribution is 8.01. The fourth-order valence-corrected chi connectivity index (χ4v) is 2.52. The number of carbonyl (C=O) groups is 1. The normalized spacial score (nSPS) is 11.6. The maximum Gasteiger partial charge on any atom is 0.461 e. The number of aromatic amines is 1. The van der Waals surface area contributed by atoms with Crippen molar-refractivity contribution in [1.29, 1.82) is 0 Å². The molecule has 0 unspecified atom stereocenters. The Morgan fingerprint density at radius 3 is 2.52 bits per heavy atom. The number of fused-ring (bicyclic) bond motifs is 2. The second-order valence-corrected chi connectivity index (χ2v) is 5.80. The summed E-state index contributed by atoms with van der Waals surface area (Å²) in [7, 11) is -4.69. The fraction of sp³-hybridized carbons (Fsp3) is 0. The van der Waals surface area contributed by atoms with Crippen molar-refractivity contribution in [3.8, 4) is 5.75 Å². The van der Waals surface area contributed by atoms with Crippen molar-refractivity contribution in [3.63, 3.8) is 0 Å². The maximum absolute atomic E-state index is 11.4. The van der Waals surface area contributed by atoms with Gasteiger partial charge in [-0.25, -0.2) is 9.78 Å². The van der Waals surface area contributed by atoms with Crippen LogP contribution < -0.4 is 9.17 Å². The van der Waals surface area contributed by atoms with Crippen molar-refractivity contribution >= 4 is 37.2 Å². The van der Waals surface area contributed by atoms with E-state index in [2.05, 4.69) is 9.17 Å². The lowest BCUT2D eigenvalue weighted by molar-refractivity contribution is -0.310. The molecule has 1 heterocycles. The van der Waals surface area contributed by atoms with E-state index < -0.39 is 15.4 Å². The molecule has 0 bridgehead atoms. The van der Waals surface area contributed by atoms with E-state index in [1.165, 1.54) is 6.07 Å². The number of H-pyrrole nitrogens is 1. The molecule has 6 nitrogen and oxygen atoms in total. The van der Waals surface area contributed by atoms with Crippen LogP contribution in [0.5, 0.6) is 5.75 Å². The highest BCUT2D eigenvalue weighted by atomic mass is 32.2. The summed E-state index contributed by atoms with van der Waals surface area (Å²) >= 11 is 0. The van der Waals surface area contributed by atoms with E-state index in [0.717, 1.165) is 10.9 Å². The molecular weight excluding hydrogens is 294 g/mol. The highest BCUT2D eigenvalue weighted by Gasteiger charge is 2.25. The average Bonchev–Trinajstić information content (AvgIpc) is 2.45.